The fraction of sp³-hybridized carbons (Fsp3) is 0.786. The van der Waals surface area contributed by atoms with Gasteiger partial charge in [0.25, 0.3) is 0 Å². The Morgan fingerprint density at radius 2 is 1.65 bits per heavy atom. The first kappa shape index (κ1) is 17.2. The van der Waals surface area contributed by atoms with Crippen molar-refractivity contribution in [3.63, 3.8) is 0 Å². The highest BCUT2D eigenvalue weighted by Gasteiger charge is 2.53. The lowest BCUT2D eigenvalue weighted by atomic mass is 9.74. The SMILES string of the molecule is CC(=NCC(C)O)/C(B1OC(C)(C)C(C)(C)O1)=C(/C)N. The highest BCUT2D eigenvalue weighted by molar-refractivity contribution is 6.62. The second kappa shape index (κ2) is 5.88. The lowest BCUT2D eigenvalue weighted by Crippen LogP contribution is -2.41. The largest absolute Gasteiger partial charge is 0.498 e. The summed E-state index contributed by atoms with van der Waals surface area (Å²) in [6, 6.07) is 0. The van der Waals surface area contributed by atoms with Crippen LogP contribution in [0.3, 0.4) is 0 Å². The summed E-state index contributed by atoms with van der Waals surface area (Å²) in [5, 5.41) is 9.34. The molecule has 114 valence electrons. The number of hydrogen-bond donors (Lipinski definition) is 2. The third-order valence-corrected chi connectivity index (χ3v) is 3.90. The minimum atomic E-state index is -0.525. The molecule has 1 rings (SSSR count). The zero-order valence-corrected chi connectivity index (χ0v) is 13.7. The first-order valence-corrected chi connectivity index (χ1v) is 6.99. The minimum Gasteiger partial charge on any atom is -0.402 e. The van der Waals surface area contributed by atoms with Crippen molar-refractivity contribution in [1.82, 2.24) is 0 Å². The van der Waals surface area contributed by atoms with Crippen LogP contribution in [0.1, 0.15) is 48.5 Å². The molecule has 1 aliphatic rings. The summed E-state index contributed by atoms with van der Waals surface area (Å²) in [6.45, 7) is 13.7. The normalized spacial score (nSPS) is 24.6. The van der Waals surface area contributed by atoms with Gasteiger partial charge in [0.2, 0.25) is 0 Å². The van der Waals surface area contributed by atoms with Gasteiger partial charge < -0.3 is 20.1 Å². The maximum absolute atomic E-state index is 9.34. The van der Waals surface area contributed by atoms with Gasteiger partial charge in [-0.25, -0.2) is 0 Å². The summed E-state index contributed by atoms with van der Waals surface area (Å²) in [6.07, 6.45) is -0.484. The molecule has 0 spiro atoms. The van der Waals surface area contributed by atoms with E-state index in [0.29, 0.717) is 12.2 Å². The Morgan fingerprint density at radius 1 is 1.20 bits per heavy atom. The van der Waals surface area contributed by atoms with E-state index in [2.05, 4.69) is 4.99 Å². The average Bonchev–Trinajstić information content (AvgIpc) is 2.44. The van der Waals surface area contributed by atoms with Gasteiger partial charge in [-0.05, 0) is 48.5 Å². The molecule has 1 fully saturated rings. The Kier molecular flexibility index (Phi) is 5.06. The molecule has 0 saturated carbocycles. The third-order valence-electron chi connectivity index (χ3n) is 3.90. The molecule has 0 radical (unpaired) electrons. The van der Waals surface area contributed by atoms with Crippen LogP contribution in [0.5, 0.6) is 0 Å². The molecule has 0 amide bonds. The van der Waals surface area contributed by atoms with E-state index in [0.717, 1.165) is 11.2 Å². The third kappa shape index (κ3) is 3.62. The summed E-state index contributed by atoms with van der Waals surface area (Å²) in [5.41, 5.74) is 7.26. The molecule has 1 atom stereocenters. The van der Waals surface area contributed by atoms with E-state index >= 15 is 0 Å². The summed E-state index contributed by atoms with van der Waals surface area (Å²) < 4.78 is 12.0. The Bertz CT molecular complexity index is 408. The maximum atomic E-state index is 9.34. The van der Waals surface area contributed by atoms with Gasteiger partial charge in [0.1, 0.15) is 0 Å². The number of allylic oxidation sites excluding steroid dienone is 2. The van der Waals surface area contributed by atoms with Gasteiger partial charge in [0, 0.05) is 16.9 Å². The van der Waals surface area contributed by atoms with Gasteiger partial charge in [-0.15, -0.1) is 0 Å². The van der Waals surface area contributed by atoms with Gasteiger partial charge in [-0.2, -0.15) is 0 Å². The van der Waals surface area contributed by atoms with Gasteiger partial charge >= 0.3 is 7.12 Å². The first-order valence-electron chi connectivity index (χ1n) is 6.99. The topological polar surface area (TPSA) is 77.1 Å². The molecule has 0 aromatic rings. The molecule has 1 unspecified atom stereocenters. The van der Waals surface area contributed by atoms with Crippen LogP contribution >= 0.6 is 0 Å². The van der Waals surface area contributed by atoms with Gasteiger partial charge in [-0.1, -0.05) is 0 Å². The second-order valence-corrected chi connectivity index (χ2v) is 6.46. The summed E-state index contributed by atoms with van der Waals surface area (Å²) >= 11 is 0. The number of hydrogen-bond acceptors (Lipinski definition) is 5. The van der Waals surface area contributed by atoms with Crippen LogP contribution in [0.2, 0.25) is 0 Å². The number of nitrogens with zero attached hydrogens (tertiary/aromatic N) is 1. The molecule has 0 aromatic heterocycles. The second-order valence-electron chi connectivity index (χ2n) is 6.46. The van der Waals surface area contributed by atoms with Gasteiger partial charge in [0.15, 0.2) is 0 Å². The molecule has 5 nitrogen and oxygen atoms in total. The molecule has 0 bridgehead atoms. The van der Waals surface area contributed by atoms with E-state index < -0.39 is 24.4 Å². The molecule has 1 heterocycles. The van der Waals surface area contributed by atoms with Crippen molar-refractivity contribution >= 4 is 12.8 Å². The van der Waals surface area contributed by atoms with Gasteiger partial charge in [-0.3, -0.25) is 4.99 Å². The Labute approximate surface area is 122 Å². The smallest absolute Gasteiger partial charge is 0.402 e. The molecule has 3 N–H and O–H groups in total. The highest BCUT2D eigenvalue weighted by atomic mass is 16.7. The van der Waals surface area contributed by atoms with Crippen LogP contribution in [0.4, 0.5) is 0 Å². The number of nitrogens with two attached hydrogens (primary N) is 1. The van der Waals surface area contributed by atoms with E-state index in [1.54, 1.807) is 6.92 Å². The van der Waals surface area contributed by atoms with E-state index in [1.165, 1.54) is 0 Å². The summed E-state index contributed by atoms with van der Waals surface area (Å²) in [7, 11) is -0.525. The quantitative estimate of drug-likeness (QED) is 0.607. The van der Waals surface area contributed by atoms with E-state index in [-0.39, 0.29) is 0 Å². The molecule has 6 heteroatoms. The fourth-order valence-corrected chi connectivity index (χ4v) is 1.96. The van der Waals surface area contributed by atoms with E-state index in [9.17, 15) is 5.11 Å². The zero-order valence-electron chi connectivity index (χ0n) is 13.7. The van der Waals surface area contributed by atoms with Crippen molar-refractivity contribution in [1.29, 1.82) is 0 Å². The number of rotatable bonds is 4. The van der Waals surface area contributed by atoms with Crippen molar-refractivity contribution in [2.24, 2.45) is 10.7 Å². The monoisotopic (exact) mass is 282 g/mol. The molecule has 0 aromatic carbocycles. The Balaban J connectivity index is 3.03. The van der Waals surface area contributed by atoms with Crippen LogP contribution < -0.4 is 5.73 Å². The molecular formula is C14H27BN2O3. The predicted octanol–water partition coefficient (Wildman–Crippen LogP) is 1.69. The van der Waals surface area contributed by atoms with Crippen molar-refractivity contribution in [2.75, 3.05) is 6.54 Å². The molecular weight excluding hydrogens is 255 g/mol. The van der Waals surface area contributed by atoms with E-state index in [4.69, 9.17) is 15.0 Å². The summed E-state index contributed by atoms with van der Waals surface area (Å²) in [5.74, 6) is 0. The predicted molar refractivity (Wildman–Crippen MR) is 82.6 cm³/mol. The average molecular weight is 282 g/mol. The molecule has 1 saturated heterocycles. The van der Waals surface area contributed by atoms with Crippen molar-refractivity contribution in [3.8, 4) is 0 Å². The lowest BCUT2D eigenvalue weighted by molar-refractivity contribution is 0.00578. The lowest BCUT2D eigenvalue weighted by Gasteiger charge is -2.32. The molecule has 20 heavy (non-hydrogen) atoms. The minimum absolute atomic E-state index is 0.335. The zero-order chi connectivity index (χ0) is 15.7. The number of aliphatic imine (C=N–C) groups is 1. The fourth-order valence-electron chi connectivity index (χ4n) is 1.96. The van der Waals surface area contributed by atoms with Crippen molar-refractivity contribution in [2.45, 2.75) is 65.8 Å². The van der Waals surface area contributed by atoms with Crippen LogP contribution in [0.25, 0.3) is 0 Å². The van der Waals surface area contributed by atoms with Crippen LogP contribution in [-0.2, 0) is 9.31 Å². The number of aliphatic hydroxyl groups is 1. The van der Waals surface area contributed by atoms with Crippen LogP contribution in [0, 0.1) is 0 Å². The summed E-state index contributed by atoms with van der Waals surface area (Å²) in [4.78, 5) is 4.35. The van der Waals surface area contributed by atoms with Crippen LogP contribution in [-0.4, -0.2) is 41.8 Å². The molecule has 1 aliphatic heterocycles. The maximum Gasteiger partial charge on any atom is 0.498 e. The van der Waals surface area contributed by atoms with Crippen molar-refractivity contribution in [3.05, 3.63) is 11.2 Å². The Hall–Kier alpha value is -0.845. The Morgan fingerprint density at radius 3 is 2.00 bits per heavy atom. The van der Waals surface area contributed by atoms with E-state index in [1.807, 2.05) is 41.5 Å². The van der Waals surface area contributed by atoms with Crippen molar-refractivity contribution < 1.29 is 14.4 Å². The highest BCUT2D eigenvalue weighted by Crippen LogP contribution is 2.39. The number of aliphatic hydroxyl groups excluding tert-OH is 1. The van der Waals surface area contributed by atoms with Gasteiger partial charge in [0.05, 0.1) is 23.9 Å². The first-order chi connectivity index (χ1) is 8.98. The standard InChI is InChI=1S/C14H27BN2O3/c1-9(18)8-17-11(3)12(10(2)16)15-19-13(4,5)14(6,7)20-15/h9,18H,8,16H2,1-7H3/b12-10+,17-11?. The molecule has 0 aliphatic carbocycles. The van der Waals surface area contributed by atoms with Crippen LogP contribution in [0.15, 0.2) is 16.2 Å².